The highest BCUT2D eigenvalue weighted by Gasteiger charge is 2.23. The number of carbonyl (C=O) groups is 1. The lowest BCUT2D eigenvalue weighted by Gasteiger charge is -2.25. The standard InChI is InChI=1S/C20H16N2O4S/c23-20(21-16-11-12-27-19-4-2-1-3-15(16)19)18-10-9-17(26-18)13-5-7-14(8-6-13)22(24)25/h1-10,16H,11-12H2,(H,21,23)/t16-/m0/s1. The predicted molar refractivity (Wildman–Crippen MR) is 103 cm³/mol. The Bertz CT molecular complexity index is 997. The molecule has 1 amide bonds. The molecule has 0 radical (unpaired) electrons. The van der Waals surface area contributed by atoms with Gasteiger partial charge in [-0.05, 0) is 42.3 Å². The zero-order valence-corrected chi connectivity index (χ0v) is 15.1. The summed E-state index contributed by atoms with van der Waals surface area (Å²) < 4.78 is 5.67. The first kappa shape index (κ1) is 17.4. The van der Waals surface area contributed by atoms with E-state index in [9.17, 15) is 14.9 Å². The highest BCUT2D eigenvalue weighted by Crippen LogP contribution is 2.36. The van der Waals surface area contributed by atoms with Crippen molar-refractivity contribution in [2.75, 3.05) is 5.75 Å². The van der Waals surface area contributed by atoms with E-state index in [1.165, 1.54) is 17.0 Å². The number of hydrogen-bond donors (Lipinski definition) is 1. The molecule has 0 bridgehead atoms. The highest BCUT2D eigenvalue weighted by molar-refractivity contribution is 7.99. The lowest BCUT2D eigenvalue weighted by atomic mass is 10.0. The third-order valence-electron chi connectivity index (χ3n) is 4.46. The van der Waals surface area contributed by atoms with E-state index in [1.807, 2.05) is 18.2 Å². The van der Waals surface area contributed by atoms with Gasteiger partial charge in [-0.25, -0.2) is 0 Å². The van der Waals surface area contributed by atoms with Crippen LogP contribution in [0.2, 0.25) is 0 Å². The molecule has 0 fully saturated rings. The van der Waals surface area contributed by atoms with Crippen molar-refractivity contribution < 1.29 is 14.1 Å². The minimum atomic E-state index is -0.453. The number of non-ortho nitro benzene ring substituents is 1. The summed E-state index contributed by atoms with van der Waals surface area (Å²) >= 11 is 1.80. The Morgan fingerprint density at radius 2 is 1.89 bits per heavy atom. The van der Waals surface area contributed by atoms with Crippen LogP contribution in [0.1, 0.15) is 28.6 Å². The summed E-state index contributed by atoms with van der Waals surface area (Å²) in [7, 11) is 0. The lowest BCUT2D eigenvalue weighted by Crippen LogP contribution is -2.30. The maximum Gasteiger partial charge on any atom is 0.287 e. The molecule has 0 aliphatic carbocycles. The molecule has 0 unspecified atom stereocenters. The molecule has 0 spiro atoms. The molecule has 3 aromatic rings. The summed E-state index contributed by atoms with van der Waals surface area (Å²) in [6.45, 7) is 0. The zero-order chi connectivity index (χ0) is 18.8. The van der Waals surface area contributed by atoms with Gasteiger partial charge in [0.2, 0.25) is 0 Å². The normalized spacial score (nSPS) is 15.8. The maximum absolute atomic E-state index is 12.6. The van der Waals surface area contributed by atoms with Crippen LogP contribution in [0.25, 0.3) is 11.3 Å². The first-order chi connectivity index (χ1) is 13.1. The first-order valence-electron chi connectivity index (χ1n) is 8.49. The fraction of sp³-hybridized carbons (Fsp3) is 0.150. The summed E-state index contributed by atoms with van der Waals surface area (Å²) in [5.41, 5.74) is 1.82. The van der Waals surface area contributed by atoms with Gasteiger partial charge < -0.3 is 9.73 Å². The van der Waals surface area contributed by atoms with Gasteiger partial charge in [0.1, 0.15) is 5.76 Å². The molecule has 0 saturated carbocycles. The molecule has 0 saturated heterocycles. The SMILES string of the molecule is O=C(N[C@H]1CCSc2ccccc21)c1ccc(-c2ccc([N+](=O)[O-])cc2)o1. The van der Waals surface area contributed by atoms with Gasteiger partial charge in [-0.15, -0.1) is 11.8 Å². The fourth-order valence-corrected chi connectivity index (χ4v) is 4.21. The Hall–Kier alpha value is -3.06. The van der Waals surface area contributed by atoms with Gasteiger partial charge in [-0.1, -0.05) is 18.2 Å². The Morgan fingerprint density at radius 3 is 2.67 bits per heavy atom. The Morgan fingerprint density at radius 1 is 1.11 bits per heavy atom. The van der Waals surface area contributed by atoms with Crippen LogP contribution >= 0.6 is 11.8 Å². The van der Waals surface area contributed by atoms with E-state index in [2.05, 4.69) is 11.4 Å². The molecular formula is C20H16N2O4S. The topological polar surface area (TPSA) is 85.4 Å². The minimum Gasteiger partial charge on any atom is -0.451 e. The number of nitrogens with zero attached hydrogens (tertiary/aromatic N) is 1. The molecule has 2 heterocycles. The number of nitro benzene ring substituents is 1. The average molecular weight is 380 g/mol. The van der Waals surface area contributed by atoms with Crippen LogP contribution in [0, 0.1) is 10.1 Å². The smallest absolute Gasteiger partial charge is 0.287 e. The molecule has 27 heavy (non-hydrogen) atoms. The number of thioether (sulfide) groups is 1. The highest BCUT2D eigenvalue weighted by atomic mass is 32.2. The van der Waals surface area contributed by atoms with E-state index >= 15 is 0 Å². The summed E-state index contributed by atoms with van der Waals surface area (Å²) in [6.07, 6.45) is 0.864. The van der Waals surface area contributed by atoms with Crippen LogP contribution in [-0.4, -0.2) is 16.6 Å². The molecule has 1 aromatic heterocycles. The van der Waals surface area contributed by atoms with E-state index < -0.39 is 4.92 Å². The minimum absolute atomic E-state index is 0.0112. The van der Waals surface area contributed by atoms with Gasteiger partial charge >= 0.3 is 0 Å². The van der Waals surface area contributed by atoms with Crippen molar-refractivity contribution in [3.63, 3.8) is 0 Å². The van der Waals surface area contributed by atoms with Crippen molar-refractivity contribution in [1.82, 2.24) is 5.32 Å². The number of furan rings is 1. The summed E-state index contributed by atoms with van der Waals surface area (Å²) in [6, 6.07) is 17.4. The number of benzene rings is 2. The Labute approximate surface area is 159 Å². The fourth-order valence-electron chi connectivity index (χ4n) is 3.08. The van der Waals surface area contributed by atoms with Crippen LogP contribution in [0.15, 0.2) is 70.0 Å². The summed E-state index contributed by atoms with van der Waals surface area (Å²) in [5.74, 6) is 1.40. The second-order valence-electron chi connectivity index (χ2n) is 6.17. The average Bonchev–Trinajstić information content (AvgIpc) is 3.19. The molecule has 4 rings (SSSR count). The quantitative estimate of drug-likeness (QED) is 0.518. The summed E-state index contributed by atoms with van der Waals surface area (Å²) in [4.78, 5) is 24.1. The first-order valence-corrected chi connectivity index (χ1v) is 9.47. The predicted octanol–water partition coefficient (Wildman–Crippen LogP) is 4.82. The van der Waals surface area contributed by atoms with Gasteiger partial charge in [0.15, 0.2) is 5.76 Å². The van der Waals surface area contributed by atoms with Gasteiger partial charge in [-0.3, -0.25) is 14.9 Å². The van der Waals surface area contributed by atoms with E-state index in [0.717, 1.165) is 17.7 Å². The van der Waals surface area contributed by atoms with Crippen molar-refractivity contribution >= 4 is 23.4 Å². The van der Waals surface area contributed by atoms with E-state index in [4.69, 9.17) is 4.42 Å². The number of nitrogens with one attached hydrogen (secondary N) is 1. The Balaban J connectivity index is 1.50. The monoisotopic (exact) mass is 380 g/mol. The van der Waals surface area contributed by atoms with Crippen LogP contribution < -0.4 is 5.32 Å². The molecule has 136 valence electrons. The van der Waals surface area contributed by atoms with Crippen LogP contribution in [0.3, 0.4) is 0 Å². The molecule has 1 aliphatic rings. The van der Waals surface area contributed by atoms with Gasteiger partial charge in [-0.2, -0.15) is 0 Å². The van der Waals surface area contributed by atoms with Gasteiger partial charge in [0.05, 0.1) is 11.0 Å². The lowest BCUT2D eigenvalue weighted by molar-refractivity contribution is -0.384. The van der Waals surface area contributed by atoms with Crippen molar-refractivity contribution in [3.05, 3.63) is 82.1 Å². The number of carbonyl (C=O) groups excluding carboxylic acids is 1. The third kappa shape index (κ3) is 3.59. The number of amides is 1. The van der Waals surface area contributed by atoms with E-state index in [-0.39, 0.29) is 23.4 Å². The third-order valence-corrected chi connectivity index (χ3v) is 5.58. The van der Waals surface area contributed by atoms with Crippen molar-refractivity contribution in [1.29, 1.82) is 0 Å². The molecule has 6 nitrogen and oxygen atoms in total. The summed E-state index contributed by atoms with van der Waals surface area (Å²) in [5, 5.41) is 13.8. The van der Waals surface area contributed by atoms with Crippen molar-refractivity contribution in [2.45, 2.75) is 17.4 Å². The van der Waals surface area contributed by atoms with Crippen molar-refractivity contribution in [2.24, 2.45) is 0 Å². The van der Waals surface area contributed by atoms with E-state index in [0.29, 0.717) is 11.3 Å². The number of fused-ring (bicyclic) bond motifs is 1. The number of rotatable bonds is 4. The van der Waals surface area contributed by atoms with Crippen molar-refractivity contribution in [3.8, 4) is 11.3 Å². The molecule has 1 aliphatic heterocycles. The number of hydrogen-bond acceptors (Lipinski definition) is 5. The number of nitro groups is 1. The molecule has 1 atom stereocenters. The van der Waals surface area contributed by atoms with E-state index in [1.54, 1.807) is 36.0 Å². The Kier molecular flexibility index (Phi) is 4.68. The van der Waals surface area contributed by atoms with Crippen LogP contribution in [0.5, 0.6) is 0 Å². The van der Waals surface area contributed by atoms with Gasteiger partial charge in [0, 0.05) is 28.3 Å². The largest absolute Gasteiger partial charge is 0.451 e. The maximum atomic E-state index is 12.6. The van der Waals surface area contributed by atoms with Crippen LogP contribution in [-0.2, 0) is 0 Å². The molecule has 7 heteroatoms. The molecule has 1 N–H and O–H groups in total. The second kappa shape index (κ2) is 7.28. The second-order valence-corrected chi connectivity index (χ2v) is 7.31. The molecular weight excluding hydrogens is 364 g/mol. The van der Waals surface area contributed by atoms with Crippen LogP contribution in [0.4, 0.5) is 5.69 Å². The molecule has 2 aromatic carbocycles. The zero-order valence-electron chi connectivity index (χ0n) is 14.3. The van der Waals surface area contributed by atoms with Gasteiger partial charge in [0.25, 0.3) is 11.6 Å².